The zero-order valence-electron chi connectivity index (χ0n) is 10.6. The maximum absolute atomic E-state index is 10.8. The van der Waals surface area contributed by atoms with Crippen LogP contribution in [0.1, 0.15) is 5.69 Å². The number of hydrogen-bond acceptors (Lipinski definition) is 7. The quantitative estimate of drug-likeness (QED) is 0.413. The lowest BCUT2D eigenvalue weighted by molar-refractivity contribution is -0.384. The first-order chi connectivity index (χ1) is 9.69. The summed E-state index contributed by atoms with van der Waals surface area (Å²) in [5, 5.41) is 13.8. The van der Waals surface area contributed by atoms with Crippen molar-refractivity contribution in [1.29, 1.82) is 0 Å². The summed E-state index contributed by atoms with van der Waals surface area (Å²) >= 11 is 0. The molecule has 2 rings (SSSR count). The average molecular weight is 274 g/mol. The van der Waals surface area contributed by atoms with Crippen molar-refractivity contribution in [3.05, 3.63) is 52.3 Å². The maximum atomic E-state index is 10.8. The van der Waals surface area contributed by atoms with Gasteiger partial charge in [0.1, 0.15) is 11.6 Å². The van der Waals surface area contributed by atoms with E-state index in [4.69, 9.17) is 5.84 Å². The summed E-state index contributed by atoms with van der Waals surface area (Å²) < 4.78 is 0. The summed E-state index contributed by atoms with van der Waals surface area (Å²) in [6.07, 6.45) is 2.41. The van der Waals surface area contributed by atoms with Crippen LogP contribution in [0.25, 0.3) is 0 Å². The van der Waals surface area contributed by atoms with Crippen molar-refractivity contribution in [1.82, 2.24) is 9.97 Å². The fourth-order valence-corrected chi connectivity index (χ4v) is 1.65. The molecule has 20 heavy (non-hydrogen) atoms. The van der Waals surface area contributed by atoms with Crippen molar-refractivity contribution in [3.8, 4) is 0 Å². The molecule has 0 aliphatic heterocycles. The lowest BCUT2D eigenvalue weighted by Gasteiger charge is -2.07. The zero-order valence-corrected chi connectivity index (χ0v) is 10.6. The second-order valence-corrected chi connectivity index (χ2v) is 4.00. The number of nitrogens with zero attached hydrogens (tertiary/aromatic N) is 3. The van der Waals surface area contributed by atoms with E-state index in [1.807, 2.05) is 18.2 Å². The lowest BCUT2D eigenvalue weighted by Crippen LogP contribution is -2.12. The molecule has 0 radical (unpaired) electrons. The molecular weight excluding hydrogens is 260 g/mol. The van der Waals surface area contributed by atoms with Gasteiger partial charge in [-0.2, -0.15) is 0 Å². The van der Waals surface area contributed by atoms with Gasteiger partial charge in [0.2, 0.25) is 0 Å². The van der Waals surface area contributed by atoms with Gasteiger partial charge >= 0.3 is 0 Å². The molecule has 8 nitrogen and oxygen atoms in total. The second-order valence-electron chi connectivity index (χ2n) is 4.00. The van der Waals surface area contributed by atoms with E-state index in [0.717, 1.165) is 5.69 Å². The van der Waals surface area contributed by atoms with Crippen LogP contribution in [0.2, 0.25) is 0 Å². The molecule has 2 heterocycles. The van der Waals surface area contributed by atoms with Crippen LogP contribution in [0.5, 0.6) is 0 Å². The van der Waals surface area contributed by atoms with Gasteiger partial charge in [-0.25, -0.2) is 10.8 Å². The second kappa shape index (κ2) is 6.43. The summed E-state index contributed by atoms with van der Waals surface area (Å²) in [7, 11) is 0. The van der Waals surface area contributed by atoms with Crippen LogP contribution in [0, 0.1) is 10.1 Å². The van der Waals surface area contributed by atoms with E-state index in [0.29, 0.717) is 18.8 Å². The standard InChI is InChI=1S/C12H14N6O2/c13-17-12-8-10(18(19)20)7-11(16-12)15-6-4-9-3-1-2-5-14-9/h1-3,5,7-8H,4,6,13H2,(H2,15,16,17). The molecule has 0 amide bonds. The van der Waals surface area contributed by atoms with E-state index >= 15 is 0 Å². The Balaban J connectivity index is 2.02. The summed E-state index contributed by atoms with van der Waals surface area (Å²) in [6, 6.07) is 8.29. The highest BCUT2D eigenvalue weighted by Gasteiger charge is 2.10. The van der Waals surface area contributed by atoms with Crippen LogP contribution < -0.4 is 16.6 Å². The van der Waals surface area contributed by atoms with Crippen LogP contribution in [-0.2, 0) is 6.42 Å². The predicted molar refractivity (Wildman–Crippen MR) is 75.1 cm³/mol. The highest BCUT2D eigenvalue weighted by molar-refractivity contribution is 5.54. The van der Waals surface area contributed by atoms with Gasteiger partial charge in [-0.15, -0.1) is 0 Å². The molecule has 0 atom stereocenters. The van der Waals surface area contributed by atoms with Gasteiger partial charge in [-0.1, -0.05) is 6.07 Å². The molecule has 0 aliphatic carbocycles. The van der Waals surface area contributed by atoms with Crippen LogP contribution in [0.3, 0.4) is 0 Å². The van der Waals surface area contributed by atoms with Crippen molar-refractivity contribution in [3.63, 3.8) is 0 Å². The number of aromatic nitrogens is 2. The fourth-order valence-electron chi connectivity index (χ4n) is 1.65. The maximum Gasteiger partial charge on any atom is 0.276 e. The fraction of sp³-hybridized carbons (Fsp3) is 0.167. The van der Waals surface area contributed by atoms with Crippen LogP contribution in [0.4, 0.5) is 17.3 Å². The van der Waals surface area contributed by atoms with Gasteiger partial charge in [0.15, 0.2) is 0 Å². The van der Waals surface area contributed by atoms with Gasteiger partial charge in [-0.05, 0) is 12.1 Å². The minimum absolute atomic E-state index is 0.0757. The molecule has 8 heteroatoms. The molecule has 0 fully saturated rings. The molecule has 4 N–H and O–H groups in total. The number of rotatable bonds is 6. The molecule has 2 aromatic heterocycles. The minimum atomic E-state index is -0.494. The average Bonchev–Trinajstić information content (AvgIpc) is 2.48. The lowest BCUT2D eigenvalue weighted by atomic mass is 10.2. The Labute approximate surface area is 115 Å². The molecule has 0 saturated carbocycles. The first kappa shape index (κ1) is 13.7. The Kier molecular flexibility index (Phi) is 4.40. The number of nitro groups is 1. The van der Waals surface area contributed by atoms with Gasteiger partial charge in [0, 0.05) is 24.9 Å². The smallest absolute Gasteiger partial charge is 0.276 e. The topological polar surface area (TPSA) is 119 Å². The van der Waals surface area contributed by atoms with E-state index in [2.05, 4.69) is 20.7 Å². The largest absolute Gasteiger partial charge is 0.369 e. The SMILES string of the molecule is NNc1cc([N+](=O)[O-])cc(NCCc2ccccn2)n1. The normalized spacial score (nSPS) is 10.1. The van der Waals surface area contributed by atoms with Crippen molar-refractivity contribution in [2.45, 2.75) is 6.42 Å². The van der Waals surface area contributed by atoms with Crippen molar-refractivity contribution in [2.24, 2.45) is 5.84 Å². The van der Waals surface area contributed by atoms with Gasteiger partial charge < -0.3 is 10.7 Å². The number of hydrogen-bond donors (Lipinski definition) is 3. The first-order valence-electron chi connectivity index (χ1n) is 5.96. The monoisotopic (exact) mass is 274 g/mol. The number of nitrogens with one attached hydrogen (secondary N) is 2. The molecule has 0 unspecified atom stereocenters. The minimum Gasteiger partial charge on any atom is -0.369 e. The van der Waals surface area contributed by atoms with Crippen LogP contribution >= 0.6 is 0 Å². The number of anilines is 2. The van der Waals surface area contributed by atoms with Crippen molar-refractivity contribution in [2.75, 3.05) is 17.3 Å². The zero-order chi connectivity index (χ0) is 14.4. The summed E-state index contributed by atoms with van der Waals surface area (Å²) in [6.45, 7) is 0.565. The third-order valence-electron chi connectivity index (χ3n) is 2.58. The summed E-state index contributed by atoms with van der Waals surface area (Å²) in [4.78, 5) is 18.6. The molecule has 0 aromatic carbocycles. The van der Waals surface area contributed by atoms with E-state index in [9.17, 15) is 10.1 Å². The highest BCUT2D eigenvalue weighted by atomic mass is 16.6. The summed E-state index contributed by atoms with van der Waals surface area (Å²) in [5.74, 6) is 5.86. The third kappa shape index (κ3) is 3.62. The molecule has 0 spiro atoms. The van der Waals surface area contributed by atoms with Gasteiger partial charge in [0.25, 0.3) is 5.69 Å². The number of nitrogens with two attached hydrogens (primary N) is 1. The number of pyridine rings is 2. The predicted octanol–water partition coefficient (Wildman–Crippen LogP) is 1.32. The van der Waals surface area contributed by atoms with Crippen molar-refractivity contribution < 1.29 is 4.92 Å². The molecule has 2 aromatic rings. The van der Waals surface area contributed by atoms with E-state index in [-0.39, 0.29) is 11.5 Å². The third-order valence-corrected chi connectivity index (χ3v) is 2.58. The Hall–Kier alpha value is -2.74. The summed E-state index contributed by atoms with van der Waals surface area (Å²) in [5.41, 5.74) is 3.16. The van der Waals surface area contributed by atoms with Crippen molar-refractivity contribution >= 4 is 17.3 Å². The van der Waals surface area contributed by atoms with Crippen LogP contribution in [-0.4, -0.2) is 21.4 Å². The Morgan fingerprint density at radius 2 is 2.10 bits per heavy atom. The Morgan fingerprint density at radius 3 is 2.75 bits per heavy atom. The van der Waals surface area contributed by atoms with Gasteiger partial charge in [0.05, 0.1) is 17.1 Å². The van der Waals surface area contributed by atoms with E-state index in [1.165, 1.54) is 12.1 Å². The van der Waals surface area contributed by atoms with E-state index in [1.54, 1.807) is 6.20 Å². The van der Waals surface area contributed by atoms with Gasteiger partial charge in [-0.3, -0.25) is 15.1 Å². The molecule has 0 saturated heterocycles. The van der Waals surface area contributed by atoms with Crippen LogP contribution in [0.15, 0.2) is 36.5 Å². The van der Waals surface area contributed by atoms with E-state index < -0.39 is 4.92 Å². The molecule has 0 aliphatic rings. The highest BCUT2D eigenvalue weighted by Crippen LogP contribution is 2.19. The number of nitrogen functional groups attached to an aromatic ring is 1. The molecule has 104 valence electrons. The Morgan fingerprint density at radius 1 is 1.30 bits per heavy atom. The number of hydrazine groups is 1. The molecular formula is C12H14N6O2. The molecule has 0 bridgehead atoms. The Bertz CT molecular complexity index is 590. The first-order valence-corrected chi connectivity index (χ1v) is 5.96.